The van der Waals surface area contributed by atoms with E-state index in [-0.39, 0.29) is 0 Å². The molecule has 9 nitrogen and oxygen atoms in total. The fraction of sp³-hybridized carbons (Fsp3) is 0.458. The molecule has 2 aromatic heterocycles. The molecule has 0 aliphatic carbocycles. The molecule has 1 saturated heterocycles. The number of aromatic nitrogens is 3. The maximum absolute atomic E-state index is 12.2. The quantitative estimate of drug-likeness (QED) is 0.418. The van der Waals surface area contributed by atoms with Gasteiger partial charge in [-0.15, -0.1) is 0 Å². The molecule has 1 aliphatic heterocycles. The number of hydrogen-bond acceptors (Lipinski definition) is 9. The topological polar surface area (TPSA) is 120 Å². The first-order valence-electron chi connectivity index (χ1n) is 11.5. The summed E-state index contributed by atoms with van der Waals surface area (Å²) in [5, 5.41) is 10.7. The van der Waals surface area contributed by atoms with E-state index in [1.165, 1.54) is 0 Å². The van der Waals surface area contributed by atoms with Crippen molar-refractivity contribution in [2.45, 2.75) is 27.3 Å². The van der Waals surface area contributed by atoms with Crippen LogP contribution in [0.3, 0.4) is 0 Å². The van der Waals surface area contributed by atoms with E-state index in [0.29, 0.717) is 36.2 Å². The lowest BCUT2D eigenvalue weighted by Crippen LogP contribution is -2.40. The Morgan fingerprint density at radius 1 is 1.15 bits per heavy atom. The molecule has 1 aromatic carbocycles. The van der Waals surface area contributed by atoms with E-state index in [0.717, 1.165) is 59.1 Å². The van der Waals surface area contributed by atoms with Gasteiger partial charge in [0.2, 0.25) is 0 Å². The summed E-state index contributed by atoms with van der Waals surface area (Å²) in [5.41, 5.74) is 5.49. The Labute approximate surface area is 201 Å². The van der Waals surface area contributed by atoms with Gasteiger partial charge >= 0.3 is 0 Å². The molecule has 3 N–H and O–H groups in total. The first kappa shape index (κ1) is 24.3. The van der Waals surface area contributed by atoms with E-state index in [9.17, 15) is 4.21 Å². The lowest BCUT2D eigenvalue weighted by atomic mass is 10.0. The second-order valence-electron chi connectivity index (χ2n) is 8.73. The summed E-state index contributed by atoms with van der Waals surface area (Å²) in [7, 11) is -0.565. The number of aryl methyl sites for hydroxylation is 2. The Balaban J connectivity index is 1.77. The fourth-order valence-electron chi connectivity index (χ4n) is 4.21. The van der Waals surface area contributed by atoms with Crippen LogP contribution in [-0.2, 0) is 16.3 Å². The standard InChI is InChI=1S/C24H33N7O2S/c1-16-22(21-17(2)30-33-18(21)3)28-23(29-24(16)31-10-12-34(25,32)13-11-31)20-7-5-6-19(14-20)15-27-9-8-26-4/h5-7,14,25-27H,8-13,15H2,1-4H3. The number of likely N-dealkylation sites (N-methyl/N-ethyl adjacent to an activating group) is 1. The third-order valence-electron chi connectivity index (χ3n) is 6.14. The van der Waals surface area contributed by atoms with Crippen LogP contribution in [0.5, 0.6) is 0 Å². The van der Waals surface area contributed by atoms with Gasteiger partial charge in [-0.1, -0.05) is 23.4 Å². The second-order valence-corrected chi connectivity index (χ2v) is 11.2. The molecule has 182 valence electrons. The van der Waals surface area contributed by atoms with Crippen LogP contribution in [0.15, 0.2) is 28.8 Å². The van der Waals surface area contributed by atoms with Gasteiger partial charge in [0.25, 0.3) is 0 Å². The highest BCUT2D eigenvalue weighted by Crippen LogP contribution is 2.34. The summed E-state index contributed by atoms with van der Waals surface area (Å²) < 4.78 is 25.7. The first-order chi connectivity index (χ1) is 16.3. The molecule has 1 fully saturated rings. The molecule has 0 saturated carbocycles. The molecule has 0 radical (unpaired) electrons. The van der Waals surface area contributed by atoms with Gasteiger partial charge < -0.3 is 20.1 Å². The number of anilines is 1. The zero-order chi connectivity index (χ0) is 24.3. The monoisotopic (exact) mass is 483 g/mol. The third kappa shape index (κ3) is 5.29. The highest BCUT2D eigenvalue weighted by Gasteiger charge is 2.26. The molecule has 3 heterocycles. The Bertz CT molecular complexity index is 1240. The minimum absolute atomic E-state index is 0.347. The van der Waals surface area contributed by atoms with Crippen molar-refractivity contribution in [3.63, 3.8) is 0 Å². The number of nitrogens with zero attached hydrogens (tertiary/aromatic N) is 4. The molecule has 0 atom stereocenters. The van der Waals surface area contributed by atoms with Crippen molar-refractivity contribution < 1.29 is 8.73 Å². The predicted molar refractivity (Wildman–Crippen MR) is 136 cm³/mol. The molecular formula is C24H33N7O2S. The smallest absolute Gasteiger partial charge is 0.162 e. The van der Waals surface area contributed by atoms with Crippen molar-refractivity contribution in [3.05, 3.63) is 46.8 Å². The Morgan fingerprint density at radius 3 is 2.59 bits per heavy atom. The maximum atomic E-state index is 12.2. The molecule has 0 unspecified atom stereocenters. The first-order valence-corrected chi connectivity index (χ1v) is 13.4. The average molecular weight is 484 g/mol. The van der Waals surface area contributed by atoms with Crippen LogP contribution in [-0.4, -0.2) is 64.1 Å². The average Bonchev–Trinajstić information content (AvgIpc) is 3.15. The lowest BCUT2D eigenvalue weighted by molar-refractivity contribution is 0.393. The highest BCUT2D eigenvalue weighted by atomic mass is 32.2. The second kappa shape index (κ2) is 10.2. The van der Waals surface area contributed by atoms with E-state index in [2.05, 4.69) is 32.8 Å². The Kier molecular flexibility index (Phi) is 7.30. The van der Waals surface area contributed by atoms with Crippen LogP contribution in [0.4, 0.5) is 5.82 Å². The van der Waals surface area contributed by atoms with Crippen molar-refractivity contribution in [3.8, 4) is 22.6 Å². The zero-order valence-corrected chi connectivity index (χ0v) is 21.1. The van der Waals surface area contributed by atoms with Gasteiger partial charge in [0.05, 0.1) is 17.0 Å². The van der Waals surface area contributed by atoms with Crippen LogP contribution in [0, 0.1) is 25.6 Å². The molecule has 34 heavy (non-hydrogen) atoms. The van der Waals surface area contributed by atoms with E-state index >= 15 is 0 Å². The van der Waals surface area contributed by atoms with Gasteiger partial charge in [0, 0.05) is 65.1 Å². The summed E-state index contributed by atoms with van der Waals surface area (Å²) in [6, 6.07) is 8.26. The summed E-state index contributed by atoms with van der Waals surface area (Å²) in [6.45, 7) is 9.45. The van der Waals surface area contributed by atoms with E-state index in [4.69, 9.17) is 19.3 Å². The van der Waals surface area contributed by atoms with Crippen LogP contribution in [0.1, 0.15) is 22.6 Å². The number of hydrogen-bond donors (Lipinski definition) is 3. The summed E-state index contributed by atoms with van der Waals surface area (Å²) in [6.07, 6.45) is 0. The minimum atomic E-state index is -2.51. The third-order valence-corrected chi connectivity index (χ3v) is 7.82. The summed E-state index contributed by atoms with van der Waals surface area (Å²) in [4.78, 5) is 12.1. The molecule has 1 aliphatic rings. The molecule has 0 spiro atoms. The molecular weight excluding hydrogens is 450 g/mol. The SMILES string of the molecule is CNCCNCc1cccc(-c2nc(-c3c(C)noc3C)c(C)c(N3CCS(=N)(=O)CC3)n2)c1. The molecule has 4 rings (SSSR count). The van der Waals surface area contributed by atoms with Gasteiger partial charge in [-0.2, -0.15) is 0 Å². The molecule has 10 heteroatoms. The lowest BCUT2D eigenvalue weighted by Gasteiger charge is -2.30. The Morgan fingerprint density at radius 2 is 1.91 bits per heavy atom. The van der Waals surface area contributed by atoms with Crippen molar-refractivity contribution in [2.24, 2.45) is 0 Å². The number of benzene rings is 1. The van der Waals surface area contributed by atoms with E-state index in [1.54, 1.807) is 0 Å². The van der Waals surface area contributed by atoms with Gasteiger partial charge in [-0.25, -0.2) is 14.2 Å². The molecule has 3 aromatic rings. The Hall–Kier alpha value is -2.82. The van der Waals surface area contributed by atoms with Crippen LogP contribution >= 0.6 is 0 Å². The van der Waals surface area contributed by atoms with Crippen molar-refractivity contribution >= 4 is 15.5 Å². The van der Waals surface area contributed by atoms with E-state index in [1.807, 2.05) is 40.0 Å². The van der Waals surface area contributed by atoms with Crippen LogP contribution in [0.25, 0.3) is 22.6 Å². The molecule has 0 bridgehead atoms. The number of nitrogens with one attached hydrogen (secondary N) is 3. The van der Waals surface area contributed by atoms with Gasteiger partial charge in [0.1, 0.15) is 11.6 Å². The largest absolute Gasteiger partial charge is 0.361 e. The van der Waals surface area contributed by atoms with Crippen molar-refractivity contribution in [1.29, 1.82) is 4.78 Å². The number of rotatable bonds is 8. The van der Waals surface area contributed by atoms with Gasteiger partial charge in [-0.05, 0) is 39.4 Å². The van der Waals surface area contributed by atoms with Crippen molar-refractivity contribution in [2.75, 3.05) is 49.6 Å². The summed E-state index contributed by atoms with van der Waals surface area (Å²) in [5.74, 6) is 2.85. The van der Waals surface area contributed by atoms with Crippen LogP contribution < -0.4 is 15.5 Å². The van der Waals surface area contributed by atoms with Crippen molar-refractivity contribution in [1.82, 2.24) is 25.8 Å². The van der Waals surface area contributed by atoms with Gasteiger partial charge in [0.15, 0.2) is 5.82 Å². The van der Waals surface area contributed by atoms with Crippen LogP contribution in [0.2, 0.25) is 0 Å². The minimum Gasteiger partial charge on any atom is -0.361 e. The highest BCUT2D eigenvalue weighted by molar-refractivity contribution is 7.92. The van der Waals surface area contributed by atoms with E-state index < -0.39 is 9.73 Å². The normalized spacial score (nSPS) is 15.6. The predicted octanol–water partition coefficient (Wildman–Crippen LogP) is 2.90. The molecule has 0 amide bonds. The zero-order valence-electron chi connectivity index (χ0n) is 20.3. The van der Waals surface area contributed by atoms with Gasteiger partial charge in [-0.3, -0.25) is 4.78 Å². The maximum Gasteiger partial charge on any atom is 0.162 e. The summed E-state index contributed by atoms with van der Waals surface area (Å²) >= 11 is 0. The fourth-order valence-corrected chi connectivity index (χ4v) is 5.45.